The van der Waals surface area contributed by atoms with Gasteiger partial charge in [0.15, 0.2) is 0 Å². The molecule has 0 radical (unpaired) electrons. The molecular formula is C15H23BrN2O. The molecule has 1 atom stereocenters. The first kappa shape index (κ1) is 14.8. The zero-order chi connectivity index (χ0) is 13.5. The predicted octanol–water partition coefficient (Wildman–Crippen LogP) is 2.90. The molecule has 1 heterocycles. The van der Waals surface area contributed by atoms with E-state index in [1.54, 1.807) is 0 Å². The monoisotopic (exact) mass is 326 g/mol. The van der Waals surface area contributed by atoms with Crippen LogP contribution in [-0.2, 0) is 0 Å². The Morgan fingerprint density at radius 3 is 2.89 bits per heavy atom. The van der Waals surface area contributed by atoms with Gasteiger partial charge in [0, 0.05) is 23.6 Å². The number of nitrogens with zero attached hydrogens (tertiary/aromatic N) is 1. The summed E-state index contributed by atoms with van der Waals surface area (Å²) >= 11 is 3.44. The lowest BCUT2D eigenvalue weighted by Crippen LogP contribution is -2.39. The van der Waals surface area contributed by atoms with Crippen LogP contribution in [0.4, 0.5) is 0 Å². The molecule has 1 saturated heterocycles. The smallest absolute Gasteiger partial charge is 0.120 e. The van der Waals surface area contributed by atoms with Crippen LogP contribution in [0.5, 0.6) is 5.75 Å². The summed E-state index contributed by atoms with van der Waals surface area (Å²) in [6, 6.07) is 8.60. The fraction of sp³-hybridized carbons (Fsp3) is 0.600. The molecule has 19 heavy (non-hydrogen) atoms. The van der Waals surface area contributed by atoms with Crippen LogP contribution in [-0.4, -0.2) is 43.7 Å². The molecule has 0 saturated carbocycles. The van der Waals surface area contributed by atoms with Crippen LogP contribution in [0.15, 0.2) is 28.7 Å². The molecule has 0 bridgehead atoms. The van der Waals surface area contributed by atoms with E-state index in [1.807, 2.05) is 24.3 Å². The van der Waals surface area contributed by atoms with E-state index in [-0.39, 0.29) is 0 Å². The Kier molecular flexibility index (Phi) is 6.14. The molecule has 4 heteroatoms. The highest BCUT2D eigenvalue weighted by Crippen LogP contribution is 2.17. The van der Waals surface area contributed by atoms with E-state index in [2.05, 4.69) is 33.1 Å². The highest BCUT2D eigenvalue weighted by molar-refractivity contribution is 9.10. The first-order valence-corrected chi connectivity index (χ1v) is 7.88. The average molecular weight is 327 g/mol. The number of ether oxygens (including phenoxy) is 1. The third kappa shape index (κ3) is 5.13. The lowest BCUT2D eigenvalue weighted by molar-refractivity contribution is 0.244. The Hall–Kier alpha value is -0.580. The Bertz CT molecular complexity index is 380. The van der Waals surface area contributed by atoms with Crippen molar-refractivity contribution in [2.75, 3.05) is 32.8 Å². The van der Waals surface area contributed by atoms with Gasteiger partial charge >= 0.3 is 0 Å². The summed E-state index contributed by atoms with van der Waals surface area (Å²) in [6.07, 6.45) is 2.71. The number of benzene rings is 1. The summed E-state index contributed by atoms with van der Waals surface area (Å²) < 4.78 is 6.74. The van der Waals surface area contributed by atoms with Crippen molar-refractivity contribution >= 4 is 15.9 Å². The zero-order valence-corrected chi connectivity index (χ0v) is 13.2. The minimum Gasteiger partial charge on any atom is -0.492 e. The fourth-order valence-corrected chi connectivity index (χ4v) is 2.80. The molecule has 1 aliphatic rings. The maximum Gasteiger partial charge on any atom is 0.120 e. The van der Waals surface area contributed by atoms with Gasteiger partial charge in [0.05, 0.1) is 0 Å². The standard InChI is InChI=1S/C15H23BrN2O/c1-13(18-8-2-3-9-18)12-17-7-10-19-15-6-4-5-14(16)11-15/h4-6,11,13,17H,2-3,7-10,12H2,1H3. The van der Waals surface area contributed by atoms with E-state index in [9.17, 15) is 0 Å². The van der Waals surface area contributed by atoms with E-state index in [0.29, 0.717) is 12.6 Å². The average Bonchev–Trinajstić information content (AvgIpc) is 2.92. The second kappa shape index (κ2) is 7.88. The quantitative estimate of drug-likeness (QED) is 0.780. The van der Waals surface area contributed by atoms with Crippen molar-refractivity contribution in [2.45, 2.75) is 25.8 Å². The first-order chi connectivity index (χ1) is 9.25. The van der Waals surface area contributed by atoms with Crippen molar-refractivity contribution in [1.82, 2.24) is 10.2 Å². The van der Waals surface area contributed by atoms with Crippen molar-refractivity contribution in [2.24, 2.45) is 0 Å². The van der Waals surface area contributed by atoms with Crippen molar-refractivity contribution < 1.29 is 4.74 Å². The molecule has 1 aromatic rings. The molecule has 1 aliphatic heterocycles. The molecular weight excluding hydrogens is 304 g/mol. The van der Waals surface area contributed by atoms with Crippen molar-refractivity contribution in [3.8, 4) is 5.75 Å². The summed E-state index contributed by atoms with van der Waals surface area (Å²) in [5.74, 6) is 0.920. The molecule has 0 spiro atoms. The minimum absolute atomic E-state index is 0.633. The van der Waals surface area contributed by atoms with Crippen LogP contribution < -0.4 is 10.1 Å². The molecule has 1 aromatic carbocycles. The van der Waals surface area contributed by atoms with E-state index < -0.39 is 0 Å². The van der Waals surface area contributed by atoms with Crippen molar-refractivity contribution in [1.29, 1.82) is 0 Å². The van der Waals surface area contributed by atoms with E-state index in [0.717, 1.165) is 23.3 Å². The highest BCUT2D eigenvalue weighted by Gasteiger charge is 2.17. The van der Waals surface area contributed by atoms with Crippen LogP contribution >= 0.6 is 15.9 Å². The summed E-state index contributed by atoms with van der Waals surface area (Å²) in [5, 5.41) is 3.47. The molecule has 106 valence electrons. The van der Waals surface area contributed by atoms with Crippen molar-refractivity contribution in [3.63, 3.8) is 0 Å². The molecule has 1 N–H and O–H groups in total. The van der Waals surface area contributed by atoms with Crippen LogP contribution in [0, 0.1) is 0 Å². The van der Waals surface area contributed by atoms with Gasteiger partial charge in [0.2, 0.25) is 0 Å². The Morgan fingerprint density at radius 1 is 1.37 bits per heavy atom. The minimum atomic E-state index is 0.633. The predicted molar refractivity (Wildman–Crippen MR) is 82.8 cm³/mol. The molecule has 0 aliphatic carbocycles. The van der Waals surface area contributed by atoms with Gasteiger partial charge in [0.1, 0.15) is 12.4 Å². The topological polar surface area (TPSA) is 24.5 Å². The van der Waals surface area contributed by atoms with Crippen molar-refractivity contribution in [3.05, 3.63) is 28.7 Å². The maximum atomic E-state index is 5.69. The lowest BCUT2D eigenvalue weighted by atomic mass is 10.3. The van der Waals surface area contributed by atoms with Gasteiger partial charge in [-0.3, -0.25) is 4.90 Å². The number of hydrogen-bond donors (Lipinski definition) is 1. The Morgan fingerprint density at radius 2 is 2.16 bits per heavy atom. The number of rotatable bonds is 7. The SMILES string of the molecule is CC(CNCCOc1cccc(Br)c1)N1CCCC1. The van der Waals surface area contributed by atoms with E-state index in [1.165, 1.54) is 25.9 Å². The largest absolute Gasteiger partial charge is 0.492 e. The van der Waals surface area contributed by atoms with Gasteiger partial charge in [-0.15, -0.1) is 0 Å². The number of likely N-dealkylation sites (tertiary alicyclic amines) is 1. The number of halogens is 1. The zero-order valence-electron chi connectivity index (χ0n) is 11.6. The van der Waals surface area contributed by atoms with Gasteiger partial charge in [-0.25, -0.2) is 0 Å². The third-order valence-electron chi connectivity index (χ3n) is 3.55. The number of nitrogens with one attached hydrogen (secondary N) is 1. The van der Waals surface area contributed by atoms with Gasteiger partial charge in [-0.1, -0.05) is 22.0 Å². The van der Waals surface area contributed by atoms with Gasteiger partial charge in [0.25, 0.3) is 0 Å². The maximum absolute atomic E-state index is 5.69. The Labute approximate surface area is 124 Å². The fourth-order valence-electron chi connectivity index (χ4n) is 2.42. The first-order valence-electron chi connectivity index (χ1n) is 7.09. The summed E-state index contributed by atoms with van der Waals surface area (Å²) in [6.45, 7) is 7.47. The normalized spacial score (nSPS) is 17.6. The second-order valence-corrected chi connectivity index (χ2v) is 6.02. The molecule has 0 amide bonds. The summed E-state index contributed by atoms with van der Waals surface area (Å²) in [4.78, 5) is 2.56. The summed E-state index contributed by atoms with van der Waals surface area (Å²) in [7, 11) is 0. The van der Waals surface area contributed by atoms with E-state index in [4.69, 9.17) is 4.74 Å². The van der Waals surface area contributed by atoms with Crippen LogP contribution in [0.2, 0.25) is 0 Å². The van der Waals surface area contributed by atoms with Gasteiger partial charge in [-0.2, -0.15) is 0 Å². The lowest BCUT2D eigenvalue weighted by Gasteiger charge is -2.23. The number of hydrogen-bond acceptors (Lipinski definition) is 3. The van der Waals surface area contributed by atoms with Crippen LogP contribution in [0.25, 0.3) is 0 Å². The van der Waals surface area contributed by atoms with Crippen LogP contribution in [0.3, 0.4) is 0 Å². The van der Waals surface area contributed by atoms with E-state index >= 15 is 0 Å². The van der Waals surface area contributed by atoms with Gasteiger partial charge in [-0.05, 0) is 51.1 Å². The second-order valence-electron chi connectivity index (χ2n) is 5.10. The van der Waals surface area contributed by atoms with Crippen LogP contribution in [0.1, 0.15) is 19.8 Å². The Balaban J connectivity index is 1.56. The molecule has 1 fully saturated rings. The van der Waals surface area contributed by atoms with Gasteiger partial charge < -0.3 is 10.1 Å². The molecule has 2 rings (SSSR count). The molecule has 0 aromatic heterocycles. The third-order valence-corrected chi connectivity index (χ3v) is 4.04. The summed E-state index contributed by atoms with van der Waals surface area (Å²) in [5.41, 5.74) is 0. The molecule has 3 nitrogen and oxygen atoms in total. The molecule has 1 unspecified atom stereocenters. The highest BCUT2D eigenvalue weighted by atomic mass is 79.9.